The topological polar surface area (TPSA) is 27.7 Å². The van der Waals surface area contributed by atoms with Crippen LogP contribution in [0.3, 0.4) is 0 Å². The Morgan fingerprint density at radius 3 is 2.95 bits per heavy atom. The van der Waals surface area contributed by atoms with Crippen LogP contribution >= 0.6 is 0 Å². The number of ether oxygens (including phenoxy) is 3. The van der Waals surface area contributed by atoms with Crippen LogP contribution in [0.25, 0.3) is 0 Å². The summed E-state index contributed by atoms with van der Waals surface area (Å²) in [6.07, 6.45) is 11.2. The van der Waals surface area contributed by atoms with Crippen LogP contribution in [0.1, 0.15) is 51.4 Å². The summed E-state index contributed by atoms with van der Waals surface area (Å²) in [4.78, 5) is 0. The van der Waals surface area contributed by atoms with Gasteiger partial charge in [0.1, 0.15) is 0 Å². The minimum Gasteiger partial charge on any atom is -0.352 e. The standard InChI is InChI=1S/C16H24O3/c1-2-11-14-12-4-3-10-5-6-16(12,8-10)9-13(18-14)19-15(11)17-7-1/h10-15H,1-9H2. The van der Waals surface area contributed by atoms with Crippen LogP contribution in [0, 0.1) is 23.2 Å². The zero-order valence-corrected chi connectivity index (χ0v) is 11.6. The van der Waals surface area contributed by atoms with Gasteiger partial charge < -0.3 is 14.2 Å². The fourth-order valence-electron chi connectivity index (χ4n) is 5.94. The van der Waals surface area contributed by atoms with Gasteiger partial charge >= 0.3 is 0 Å². The lowest BCUT2D eigenvalue weighted by molar-refractivity contribution is -0.383. The van der Waals surface area contributed by atoms with Gasteiger partial charge in [0.15, 0.2) is 12.6 Å². The largest absolute Gasteiger partial charge is 0.352 e. The van der Waals surface area contributed by atoms with E-state index in [1.807, 2.05) is 0 Å². The molecule has 5 rings (SSSR count). The Kier molecular flexibility index (Phi) is 2.40. The van der Waals surface area contributed by atoms with Crippen molar-refractivity contribution in [2.24, 2.45) is 23.2 Å². The zero-order valence-electron chi connectivity index (χ0n) is 11.6. The lowest BCUT2D eigenvalue weighted by atomic mass is 9.59. The molecule has 5 fully saturated rings. The van der Waals surface area contributed by atoms with E-state index < -0.39 is 0 Å². The molecular formula is C16H24O3. The molecule has 5 aliphatic rings. The van der Waals surface area contributed by atoms with E-state index in [1.165, 1.54) is 44.9 Å². The number of fused-ring (bicyclic) bond motifs is 6. The average molecular weight is 264 g/mol. The van der Waals surface area contributed by atoms with E-state index in [0.29, 0.717) is 17.4 Å². The molecule has 106 valence electrons. The molecule has 0 N–H and O–H groups in total. The normalized spacial score (nSPS) is 59.4. The van der Waals surface area contributed by atoms with E-state index in [0.717, 1.165) is 24.9 Å². The Morgan fingerprint density at radius 1 is 0.947 bits per heavy atom. The SMILES string of the molecule is C1COC2OC3CC45CCC(CCC4C(O3)C2C1)C5. The van der Waals surface area contributed by atoms with Gasteiger partial charge in [-0.15, -0.1) is 0 Å². The summed E-state index contributed by atoms with van der Waals surface area (Å²) in [6, 6.07) is 0. The maximum Gasteiger partial charge on any atom is 0.166 e. The Labute approximate surface area is 115 Å². The molecule has 3 aliphatic heterocycles. The van der Waals surface area contributed by atoms with Crippen molar-refractivity contribution in [1.29, 1.82) is 0 Å². The highest BCUT2D eigenvalue weighted by molar-refractivity contribution is 5.06. The van der Waals surface area contributed by atoms with Crippen LogP contribution in [0.5, 0.6) is 0 Å². The highest BCUT2D eigenvalue weighted by Gasteiger charge is 2.60. The smallest absolute Gasteiger partial charge is 0.166 e. The van der Waals surface area contributed by atoms with E-state index in [-0.39, 0.29) is 12.6 Å². The second kappa shape index (κ2) is 3.96. The molecule has 2 aliphatic carbocycles. The third-order valence-electron chi connectivity index (χ3n) is 6.72. The Morgan fingerprint density at radius 2 is 1.95 bits per heavy atom. The molecule has 2 saturated carbocycles. The van der Waals surface area contributed by atoms with Crippen molar-refractivity contribution in [3.63, 3.8) is 0 Å². The summed E-state index contributed by atoms with van der Waals surface area (Å²) in [5.41, 5.74) is 0.568. The molecule has 0 radical (unpaired) electrons. The molecule has 0 aromatic heterocycles. The molecule has 19 heavy (non-hydrogen) atoms. The van der Waals surface area contributed by atoms with Crippen LogP contribution in [0.2, 0.25) is 0 Å². The van der Waals surface area contributed by atoms with Crippen LogP contribution < -0.4 is 0 Å². The molecule has 3 nitrogen and oxygen atoms in total. The highest BCUT2D eigenvalue weighted by Crippen LogP contribution is 2.63. The third-order valence-corrected chi connectivity index (χ3v) is 6.72. The van der Waals surface area contributed by atoms with Gasteiger partial charge in [0.25, 0.3) is 0 Å². The van der Waals surface area contributed by atoms with Gasteiger partial charge in [0.2, 0.25) is 0 Å². The minimum absolute atomic E-state index is 0.0254. The molecular weight excluding hydrogens is 240 g/mol. The molecule has 0 aromatic rings. The second-order valence-electron chi connectivity index (χ2n) is 7.57. The van der Waals surface area contributed by atoms with Crippen LogP contribution in [-0.4, -0.2) is 25.3 Å². The summed E-state index contributed by atoms with van der Waals surface area (Å²) in [5, 5.41) is 0. The third kappa shape index (κ3) is 1.55. The predicted molar refractivity (Wildman–Crippen MR) is 69.3 cm³/mol. The maximum atomic E-state index is 6.30. The van der Waals surface area contributed by atoms with Gasteiger partial charge in [-0.1, -0.05) is 6.42 Å². The van der Waals surface area contributed by atoms with Crippen molar-refractivity contribution in [3.05, 3.63) is 0 Å². The van der Waals surface area contributed by atoms with E-state index in [2.05, 4.69) is 0 Å². The van der Waals surface area contributed by atoms with E-state index in [4.69, 9.17) is 14.2 Å². The van der Waals surface area contributed by atoms with Gasteiger partial charge in [0.05, 0.1) is 6.10 Å². The van der Waals surface area contributed by atoms with E-state index in [9.17, 15) is 0 Å². The number of hydrogen-bond donors (Lipinski definition) is 0. The van der Waals surface area contributed by atoms with Gasteiger partial charge in [-0.25, -0.2) is 0 Å². The Bertz CT molecular complexity index is 384. The van der Waals surface area contributed by atoms with Gasteiger partial charge in [-0.2, -0.15) is 0 Å². The summed E-state index contributed by atoms with van der Waals surface area (Å²) in [7, 11) is 0. The lowest BCUT2D eigenvalue weighted by Crippen LogP contribution is -2.60. The van der Waals surface area contributed by atoms with Gasteiger partial charge in [-0.05, 0) is 55.8 Å². The molecule has 7 atom stereocenters. The molecule has 3 saturated heterocycles. The highest BCUT2D eigenvalue weighted by atomic mass is 16.8. The maximum absolute atomic E-state index is 6.30. The summed E-state index contributed by atoms with van der Waals surface area (Å²) in [5.74, 6) is 2.30. The van der Waals surface area contributed by atoms with Crippen molar-refractivity contribution in [2.75, 3.05) is 6.61 Å². The molecule has 4 bridgehead atoms. The lowest BCUT2D eigenvalue weighted by Gasteiger charge is -2.57. The van der Waals surface area contributed by atoms with Crippen LogP contribution in [0.4, 0.5) is 0 Å². The molecule has 1 spiro atoms. The number of rotatable bonds is 0. The van der Waals surface area contributed by atoms with Crippen LogP contribution in [-0.2, 0) is 14.2 Å². The predicted octanol–water partition coefficient (Wildman–Crippen LogP) is 3.08. The first kappa shape index (κ1) is 11.5. The average Bonchev–Trinajstić information content (AvgIpc) is 2.74. The second-order valence-corrected chi connectivity index (χ2v) is 7.57. The molecule has 7 unspecified atom stereocenters. The van der Waals surface area contributed by atoms with Crippen molar-refractivity contribution in [3.8, 4) is 0 Å². The minimum atomic E-state index is 0.0254. The summed E-state index contributed by atoms with van der Waals surface area (Å²) >= 11 is 0. The molecule has 3 heteroatoms. The Hall–Kier alpha value is -0.120. The van der Waals surface area contributed by atoms with E-state index >= 15 is 0 Å². The number of hydrogen-bond acceptors (Lipinski definition) is 3. The fourth-order valence-corrected chi connectivity index (χ4v) is 5.94. The van der Waals surface area contributed by atoms with Crippen molar-refractivity contribution in [2.45, 2.75) is 70.1 Å². The Balaban J connectivity index is 1.50. The first-order valence-corrected chi connectivity index (χ1v) is 8.27. The molecule has 3 heterocycles. The van der Waals surface area contributed by atoms with Crippen molar-refractivity contribution >= 4 is 0 Å². The first-order chi connectivity index (χ1) is 9.34. The zero-order chi connectivity index (χ0) is 12.4. The van der Waals surface area contributed by atoms with Crippen LogP contribution in [0.15, 0.2) is 0 Å². The monoisotopic (exact) mass is 264 g/mol. The van der Waals surface area contributed by atoms with Gasteiger partial charge in [0, 0.05) is 18.9 Å². The molecule has 0 amide bonds. The summed E-state index contributed by atoms with van der Waals surface area (Å²) in [6.45, 7) is 0.874. The first-order valence-electron chi connectivity index (χ1n) is 8.27. The van der Waals surface area contributed by atoms with Gasteiger partial charge in [-0.3, -0.25) is 0 Å². The molecule has 0 aromatic carbocycles. The summed E-state index contributed by atoms with van der Waals surface area (Å²) < 4.78 is 18.3. The van der Waals surface area contributed by atoms with Crippen molar-refractivity contribution in [1.82, 2.24) is 0 Å². The van der Waals surface area contributed by atoms with E-state index in [1.54, 1.807) is 0 Å². The quantitative estimate of drug-likeness (QED) is 0.673. The van der Waals surface area contributed by atoms with Crippen molar-refractivity contribution < 1.29 is 14.2 Å². The fraction of sp³-hybridized carbons (Fsp3) is 1.00.